The number of nitrogens with zero attached hydrogens (tertiary/aromatic N) is 2. The second-order valence-electron chi connectivity index (χ2n) is 8.85. The summed E-state index contributed by atoms with van der Waals surface area (Å²) >= 11 is 0. The van der Waals surface area contributed by atoms with E-state index >= 15 is 0 Å². The van der Waals surface area contributed by atoms with E-state index in [4.69, 9.17) is 17.3 Å². The van der Waals surface area contributed by atoms with E-state index in [1.807, 2.05) is 0 Å². The molecule has 0 aliphatic rings. The van der Waals surface area contributed by atoms with Gasteiger partial charge in [-0.25, -0.2) is 4.98 Å². The van der Waals surface area contributed by atoms with Gasteiger partial charge >= 0.3 is 0 Å². The van der Waals surface area contributed by atoms with Crippen molar-refractivity contribution in [3.05, 3.63) is 145 Å². The summed E-state index contributed by atoms with van der Waals surface area (Å²) in [5, 5.41) is -1.98. The lowest BCUT2D eigenvalue weighted by molar-refractivity contribution is 1.11. The highest BCUT2D eigenvalue weighted by Crippen LogP contribution is 2.44. The topological polar surface area (TPSA) is 17.8 Å². The van der Waals surface area contributed by atoms with Gasteiger partial charge in [-0.3, -0.25) is 4.57 Å². The Morgan fingerprint density at radius 3 is 1.85 bits per heavy atom. The molecular weight excluding hydrogens is 472 g/mol. The van der Waals surface area contributed by atoms with E-state index in [1.54, 1.807) is 59.2 Å². The van der Waals surface area contributed by atoms with Crippen LogP contribution in [0.3, 0.4) is 0 Å². The molecule has 0 aliphatic carbocycles. The molecular formula is C37H24N2. The standard InChI is InChI=1S/C37H24N2/c1-2-14-28(15-3-1)39-34-21-11-10-20-33(34)38-37(39)36-31-18-8-6-16-29(31)35(30-17-7-9-19-32(30)36)27-23-22-25-12-4-5-13-26(25)24-27/h1-24H/i4D,5D,6D,7D,8D,9D,12D,13D,16D,17D,18D,19D,22D,23D,24D. The monoisotopic (exact) mass is 511 g/mol. The van der Waals surface area contributed by atoms with E-state index < -0.39 is 107 Å². The number of aromatic nitrogens is 2. The van der Waals surface area contributed by atoms with Gasteiger partial charge in [0.15, 0.2) is 0 Å². The zero-order valence-corrected chi connectivity index (χ0v) is 20.1. The molecule has 0 spiro atoms. The largest absolute Gasteiger partial charge is 0.292 e. The highest BCUT2D eigenvalue weighted by Gasteiger charge is 2.21. The van der Waals surface area contributed by atoms with Crippen molar-refractivity contribution in [3.8, 4) is 28.2 Å². The first-order valence-electron chi connectivity index (χ1n) is 19.6. The summed E-state index contributed by atoms with van der Waals surface area (Å²) in [6.07, 6.45) is 0. The number of benzene rings is 7. The molecule has 2 heteroatoms. The molecule has 0 unspecified atom stereocenters. The molecule has 0 radical (unpaired) electrons. The van der Waals surface area contributed by atoms with Crippen molar-refractivity contribution in [1.82, 2.24) is 9.55 Å². The average Bonchev–Trinajstić information content (AvgIpc) is 3.56. The predicted octanol–water partition coefficient (Wildman–Crippen LogP) is 9.82. The van der Waals surface area contributed by atoms with Crippen molar-refractivity contribution in [2.24, 2.45) is 0 Å². The van der Waals surface area contributed by atoms with E-state index in [9.17, 15) is 8.22 Å². The zero-order valence-electron chi connectivity index (χ0n) is 35.1. The molecule has 1 heterocycles. The maximum atomic E-state index is 9.40. The first kappa shape index (κ1) is 11.7. The second kappa shape index (κ2) is 8.68. The van der Waals surface area contributed by atoms with Crippen LogP contribution in [-0.2, 0) is 0 Å². The third-order valence-electron chi connectivity index (χ3n) is 6.67. The summed E-state index contributed by atoms with van der Waals surface area (Å²) in [4.78, 5) is 4.91. The summed E-state index contributed by atoms with van der Waals surface area (Å²) in [5.41, 5.74) is 0.656. The SMILES string of the molecule is [2H]c1c([2H])c([2H])c2c([2H])c(-c3c4c([2H])c([2H])c([2H])c([2H])c4c(-c4nc5ccccc5n4-c4ccccc4)c4c([2H])c([2H])c([2H])c([2H])c34)c([2H])c([2H])c2c1[2H]. The molecule has 0 atom stereocenters. The van der Waals surface area contributed by atoms with Gasteiger partial charge in [-0.1, -0.05) is 115 Å². The minimum Gasteiger partial charge on any atom is -0.292 e. The third-order valence-corrected chi connectivity index (χ3v) is 6.67. The zero-order chi connectivity index (χ0) is 38.8. The van der Waals surface area contributed by atoms with Crippen LogP contribution in [0.25, 0.3) is 71.6 Å². The summed E-state index contributed by atoms with van der Waals surface area (Å²) in [5.74, 6) is 0.0741. The van der Waals surface area contributed by atoms with Gasteiger partial charge in [-0.05, 0) is 73.8 Å². The lowest BCUT2D eigenvalue weighted by Crippen LogP contribution is -1.99. The molecule has 0 saturated heterocycles. The van der Waals surface area contributed by atoms with Crippen molar-refractivity contribution in [2.45, 2.75) is 0 Å². The first-order chi connectivity index (χ1) is 25.6. The van der Waals surface area contributed by atoms with Gasteiger partial charge < -0.3 is 0 Å². The number of rotatable bonds is 3. The van der Waals surface area contributed by atoms with E-state index in [-0.39, 0.29) is 38.5 Å². The molecule has 7 aromatic carbocycles. The van der Waals surface area contributed by atoms with Crippen molar-refractivity contribution in [2.75, 3.05) is 0 Å². The Hall–Kier alpha value is -5.21. The van der Waals surface area contributed by atoms with Gasteiger partial charge in [-0.15, -0.1) is 0 Å². The van der Waals surface area contributed by atoms with E-state index in [1.165, 1.54) is 0 Å². The Labute approximate surface area is 247 Å². The van der Waals surface area contributed by atoms with Gasteiger partial charge in [-0.2, -0.15) is 0 Å². The van der Waals surface area contributed by atoms with Gasteiger partial charge in [0.1, 0.15) is 5.82 Å². The quantitative estimate of drug-likeness (QED) is 0.216. The Bertz CT molecular complexity index is 2910. The van der Waals surface area contributed by atoms with Gasteiger partial charge in [0, 0.05) is 11.3 Å². The lowest BCUT2D eigenvalue weighted by atomic mass is 9.87. The van der Waals surface area contributed by atoms with Crippen LogP contribution in [0.1, 0.15) is 20.6 Å². The predicted molar refractivity (Wildman–Crippen MR) is 164 cm³/mol. The highest BCUT2D eigenvalue weighted by atomic mass is 15.1. The molecule has 0 amide bonds. The fourth-order valence-electron chi connectivity index (χ4n) is 5.04. The molecule has 39 heavy (non-hydrogen) atoms. The second-order valence-corrected chi connectivity index (χ2v) is 8.85. The number of hydrogen-bond acceptors (Lipinski definition) is 1. The summed E-state index contributed by atoms with van der Waals surface area (Å²) in [6.45, 7) is 0. The summed E-state index contributed by atoms with van der Waals surface area (Å²) in [7, 11) is 0. The maximum absolute atomic E-state index is 9.40. The Balaban J connectivity index is 1.75. The molecule has 0 N–H and O–H groups in total. The summed E-state index contributed by atoms with van der Waals surface area (Å²) in [6, 6.07) is 5.79. The summed E-state index contributed by atoms with van der Waals surface area (Å²) < 4.78 is 135. The van der Waals surface area contributed by atoms with Crippen LogP contribution in [0.4, 0.5) is 0 Å². The minimum absolute atomic E-state index is 0.0741. The van der Waals surface area contributed by atoms with Crippen LogP contribution >= 0.6 is 0 Å². The maximum Gasteiger partial charge on any atom is 0.146 e. The fourth-order valence-corrected chi connectivity index (χ4v) is 5.04. The molecule has 0 fully saturated rings. The number of para-hydroxylation sites is 3. The van der Waals surface area contributed by atoms with Crippen LogP contribution in [0.5, 0.6) is 0 Å². The normalized spacial score (nSPS) is 17.0. The average molecular weight is 512 g/mol. The van der Waals surface area contributed by atoms with Crippen LogP contribution in [-0.4, -0.2) is 9.55 Å². The third kappa shape index (κ3) is 3.39. The number of fused-ring (bicyclic) bond motifs is 4. The van der Waals surface area contributed by atoms with Gasteiger partial charge in [0.05, 0.1) is 31.6 Å². The fraction of sp³-hybridized carbons (Fsp3) is 0. The lowest BCUT2D eigenvalue weighted by Gasteiger charge is -2.18. The van der Waals surface area contributed by atoms with Crippen LogP contribution in [0, 0.1) is 0 Å². The Morgan fingerprint density at radius 2 is 1.13 bits per heavy atom. The van der Waals surface area contributed by atoms with Gasteiger partial charge in [0.2, 0.25) is 0 Å². The van der Waals surface area contributed by atoms with E-state index in [0.29, 0.717) is 16.7 Å². The van der Waals surface area contributed by atoms with Crippen LogP contribution in [0.2, 0.25) is 0 Å². The molecule has 182 valence electrons. The molecule has 0 bridgehead atoms. The number of imidazole rings is 1. The molecule has 0 aliphatic heterocycles. The smallest absolute Gasteiger partial charge is 0.146 e. The number of hydrogen-bond donors (Lipinski definition) is 0. The molecule has 1 aromatic heterocycles. The van der Waals surface area contributed by atoms with Crippen molar-refractivity contribution < 1.29 is 20.6 Å². The van der Waals surface area contributed by atoms with Crippen LogP contribution < -0.4 is 0 Å². The highest BCUT2D eigenvalue weighted by molar-refractivity contribution is 6.21. The van der Waals surface area contributed by atoms with Crippen molar-refractivity contribution in [1.29, 1.82) is 0 Å². The van der Waals surface area contributed by atoms with Crippen molar-refractivity contribution >= 4 is 43.4 Å². The van der Waals surface area contributed by atoms with Gasteiger partial charge in [0.25, 0.3) is 0 Å². The Kier molecular flexibility index (Phi) is 2.60. The minimum atomic E-state index is -0.746. The van der Waals surface area contributed by atoms with Crippen molar-refractivity contribution in [3.63, 3.8) is 0 Å². The molecule has 8 rings (SSSR count). The Morgan fingerprint density at radius 1 is 0.538 bits per heavy atom. The van der Waals surface area contributed by atoms with E-state index in [2.05, 4.69) is 0 Å². The molecule has 8 aromatic rings. The van der Waals surface area contributed by atoms with Crippen LogP contribution in [0.15, 0.2) is 145 Å². The molecule has 2 nitrogen and oxygen atoms in total. The molecule has 0 saturated carbocycles. The van der Waals surface area contributed by atoms with E-state index in [0.717, 1.165) is 0 Å². The first-order valence-corrected chi connectivity index (χ1v) is 12.1.